The summed E-state index contributed by atoms with van der Waals surface area (Å²) in [5.74, 6) is 0.820. The van der Waals surface area contributed by atoms with Crippen molar-refractivity contribution >= 4 is 20.9 Å². The molecule has 7 nitrogen and oxygen atoms in total. The lowest BCUT2D eigenvalue weighted by Crippen LogP contribution is -2.27. The first kappa shape index (κ1) is 16.5. The Labute approximate surface area is 140 Å². The number of aromatic nitrogens is 3. The first-order valence-electron chi connectivity index (χ1n) is 7.56. The third-order valence-corrected chi connectivity index (χ3v) is 5.53. The Hall–Kier alpha value is -2.32. The van der Waals surface area contributed by atoms with Crippen LogP contribution in [0.3, 0.4) is 0 Å². The number of pyridine rings is 1. The van der Waals surface area contributed by atoms with Crippen molar-refractivity contribution in [2.75, 3.05) is 7.05 Å². The molecule has 0 radical (unpaired) electrons. The van der Waals surface area contributed by atoms with Crippen LogP contribution in [0.25, 0.3) is 10.9 Å². The molecule has 0 aliphatic rings. The highest BCUT2D eigenvalue weighted by Gasteiger charge is 2.25. The van der Waals surface area contributed by atoms with E-state index in [4.69, 9.17) is 4.52 Å². The van der Waals surface area contributed by atoms with E-state index in [9.17, 15) is 8.42 Å². The van der Waals surface area contributed by atoms with E-state index in [0.717, 1.165) is 11.1 Å². The Balaban J connectivity index is 1.99. The number of benzene rings is 1. The van der Waals surface area contributed by atoms with Gasteiger partial charge in [-0.05, 0) is 19.1 Å². The zero-order valence-electron chi connectivity index (χ0n) is 13.7. The maximum absolute atomic E-state index is 12.9. The number of sulfonamides is 1. The Kier molecular flexibility index (Phi) is 4.33. The minimum Gasteiger partial charge on any atom is -0.338 e. The van der Waals surface area contributed by atoms with E-state index in [0.29, 0.717) is 17.8 Å². The molecule has 0 unspecified atom stereocenters. The molecule has 0 N–H and O–H groups in total. The Bertz CT molecular complexity index is 982. The van der Waals surface area contributed by atoms with E-state index in [1.807, 2.05) is 32.0 Å². The molecule has 1 aromatic carbocycles. The van der Waals surface area contributed by atoms with Crippen molar-refractivity contribution in [2.45, 2.75) is 31.7 Å². The topological polar surface area (TPSA) is 89.2 Å². The van der Waals surface area contributed by atoms with Gasteiger partial charge >= 0.3 is 0 Å². The van der Waals surface area contributed by atoms with Crippen LogP contribution in [0.15, 0.2) is 39.8 Å². The average Bonchev–Trinajstić information content (AvgIpc) is 3.01. The summed E-state index contributed by atoms with van der Waals surface area (Å²) in [7, 11) is -2.25. The standard InChI is InChI=1S/C16H18N4O3S/c1-4-14-18-15(23-19-14)10-20(3)24(21,22)13-7-5-6-12-9-8-11(2)17-16(12)13/h5-9H,4,10H2,1-3H3. The number of nitrogens with zero attached hydrogens (tertiary/aromatic N) is 4. The van der Waals surface area contributed by atoms with Crippen LogP contribution in [0.2, 0.25) is 0 Å². The number of para-hydroxylation sites is 1. The van der Waals surface area contributed by atoms with Crippen LogP contribution < -0.4 is 0 Å². The monoisotopic (exact) mass is 346 g/mol. The number of hydrogen-bond acceptors (Lipinski definition) is 6. The molecule has 0 saturated heterocycles. The van der Waals surface area contributed by atoms with E-state index in [2.05, 4.69) is 15.1 Å². The summed E-state index contributed by atoms with van der Waals surface area (Å²) in [6.45, 7) is 3.74. The predicted octanol–water partition coefficient (Wildman–Crippen LogP) is 2.31. The quantitative estimate of drug-likeness (QED) is 0.704. The van der Waals surface area contributed by atoms with Gasteiger partial charge in [0.25, 0.3) is 0 Å². The molecule has 24 heavy (non-hydrogen) atoms. The van der Waals surface area contributed by atoms with Crippen LogP contribution >= 0.6 is 0 Å². The van der Waals surface area contributed by atoms with Crippen molar-refractivity contribution < 1.29 is 12.9 Å². The third-order valence-electron chi connectivity index (χ3n) is 3.69. The summed E-state index contributed by atoms with van der Waals surface area (Å²) in [5, 5.41) is 4.56. The molecule has 0 spiro atoms. The highest BCUT2D eigenvalue weighted by molar-refractivity contribution is 7.89. The normalized spacial score (nSPS) is 12.2. The highest BCUT2D eigenvalue weighted by Crippen LogP contribution is 2.24. The Morgan fingerprint density at radius 1 is 1.17 bits per heavy atom. The van der Waals surface area contributed by atoms with Crippen LogP contribution in [0.4, 0.5) is 0 Å². The lowest BCUT2D eigenvalue weighted by Gasteiger charge is -2.16. The fraction of sp³-hybridized carbons (Fsp3) is 0.312. The summed E-state index contributed by atoms with van der Waals surface area (Å²) < 4.78 is 32.1. The molecule has 0 bridgehead atoms. The molecule has 2 aromatic heterocycles. The maximum Gasteiger partial charge on any atom is 0.245 e. The second-order valence-corrected chi connectivity index (χ2v) is 7.51. The molecular formula is C16H18N4O3S. The number of hydrogen-bond donors (Lipinski definition) is 0. The van der Waals surface area contributed by atoms with Gasteiger partial charge in [0.15, 0.2) is 5.82 Å². The van der Waals surface area contributed by atoms with Crippen molar-refractivity contribution in [3.63, 3.8) is 0 Å². The van der Waals surface area contributed by atoms with Crippen molar-refractivity contribution in [1.29, 1.82) is 0 Å². The zero-order valence-corrected chi connectivity index (χ0v) is 14.5. The van der Waals surface area contributed by atoms with Crippen LogP contribution in [0, 0.1) is 6.92 Å². The molecule has 0 saturated carbocycles. The maximum atomic E-state index is 12.9. The number of rotatable bonds is 5. The second kappa shape index (κ2) is 6.29. The van der Waals surface area contributed by atoms with Crippen LogP contribution in [-0.4, -0.2) is 34.9 Å². The van der Waals surface area contributed by atoms with E-state index in [1.54, 1.807) is 12.1 Å². The third kappa shape index (κ3) is 3.02. The number of aryl methyl sites for hydroxylation is 2. The fourth-order valence-electron chi connectivity index (χ4n) is 2.37. The van der Waals surface area contributed by atoms with Gasteiger partial charge in [-0.25, -0.2) is 8.42 Å². The fourth-order valence-corrected chi connectivity index (χ4v) is 3.64. The van der Waals surface area contributed by atoms with Gasteiger partial charge in [0.1, 0.15) is 4.90 Å². The molecule has 3 rings (SSSR count). The molecule has 3 aromatic rings. The van der Waals surface area contributed by atoms with Gasteiger partial charge in [-0.2, -0.15) is 9.29 Å². The van der Waals surface area contributed by atoms with E-state index in [-0.39, 0.29) is 17.3 Å². The summed E-state index contributed by atoms with van der Waals surface area (Å²) in [6.07, 6.45) is 0.631. The summed E-state index contributed by atoms with van der Waals surface area (Å²) >= 11 is 0. The molecule has 0 fully saturated rings. The van der Waals surface area contributed by atoms with Crippen molar-refractivity contribution in [3.05, 3.63) is 47.7 Å². The summed E-state index contributed by atoms with van der Waals surface area (Å²) in [6, 6.07) is 8.83. The van der Waals surface area contributed by atoms with Gasteiger partial charge in [-0.3, -0.25) is 4.98 Å². The van der Waals surface area contributed by atoms with Gasteiger partial charge in [0.2, 0.25) is 15.9 Å². The summed E-state index contributed by atoms with van der Waals surface area (Å²) in [5.41, 5.74) is 1.22. The molecule has 0 aliphatic heterocycles. The molecular weight excluding hydrogens is 328 g/mol. The number of fused-ring (bicyclic) bond motifs is 1. The highest BCUT2D eigenvalue weighted by atomic mass is 32.2. The first-order chi connectivity index (χ1) is 11.4. The second-order valence-electron chi connectivity index (χ2n) is 5.50. The molecule has 126 valence electrons. The molecule has 2 heterocycles. The molecule has 8 heteroatoms. The minimum absolute atomic E-state index is 0.0114. The first-order valence-corrected chi connectivity index (χ1v) is 9.00. The smallest absolute Gasteiger partial charge is 0.245 e. The lowest BCUT2D eigenvalue weighted by atomic mass is 10.2. The summed E-state index contributed by atoms with van der Waals surface area (Å²) in [4.78, 5) is 8.71. The van der Waals surface area contributed by atoms with Gasteiger partial charge in [-0.1, -0.05) is 30.3 Å². The Morgan fingerprint density at radius 2 is 1.96 bits per heavy atom. The largest absolute Gasteiger partial charge is 0.338 e. The van der Waals surface area contributed by atoms with Gasteiger partial charge in [-0.15, -0.1) is 0 Å². The van der Waals surface area contributed by atoms with E-state index < -0.39 is 10.0 Å². The van der Waals surface area contributed by atoms with Crippen LogP contribution in [0.5, 0.6) is 0 Å². The molecule has 0 amide bonds. The Morgan fingerprint density at radius 3 is 2.67 bits per heavy atom. The SMILES string of the molecule is CCc1noc(CN(C)S(=O)(=O)c2cccc3ccc(C)nc23)n1. The van der Waals surface area contributed by atoms with Crippen molar-refractivity contribution in [1.82, 2.24) is 19.4 Å². The predicted molar refractivity (Wildman–Crippen MR) is 88.8 cm³/mol. The molecule has 0 aliphatic carbocycles. The van der Waals surface area contributed by atoms with Gasteiger partial charge in [0.05, 0.1) is 12.1 Å². The van der Waals surface area contributed by atoms with Crippen molar-refractivity contribution in [3.8, 4) is 0 Å². The van der Waals surface area contributed by atoms with Gasteiger partial charge in [0, 0.05) is 24.5 Å². The van der Waals surface area contributed by atoms with E-state index in [1.165, 1.54) is 11.4 Å². The van der Waals surface area contributed by atoms with E-state index >= 15 is 0 Å². The van der Waals surface area contributed by atoms with Crippen LogP contribution in [-0.2, 0) is 23.0 Å². The van der Waals surface area contributed by atoms with Crippen molar-refractivity contribution in [2.24, 2.45) is 0 Å². The van der Waals surface area contributed by atoms with Gasteiger partial charge < -0.3 is 4.52 Å². The zero-order chi connectivity index (χ0) is 17.3. The minimum atomic E-state index is -3.73. The molecule has 0 atom stereocenters. The average molecular weight is 346 g/mol. The van der Waals surface area contributed by atoms with Crippen LogP contribution in [0.1, 0.15) is 24.3 Å². The lowest BCUT2D eigenvalue weighted by molar-refractivity contribution is 0.334.